The molecule has 0 aromatic carbocycles. The largest absolute Gasteiger partial charge is 0.481 e. The first-order valence-corrected chi connectivity index (χ1v) is 6.41. The number of carbonyl (C=O) groups is 2. The van der Waals surface area contributed by atoms with Gasteiger partial charge in [-0.2, -0.15) is 0 Å². The van der Waals surface area contributed by atoms with Gasteiger partial charge in [0.1, 0.15) is 5.92 Å². The number of amides is 1. The smallest absolute Gasteiger partial charge is 0.310 e. The Morgan fingerprint density at radius 1 is 1.25 bits per heavy atom. The average Bonchev–Trinajstić information content (AvgIpc) is 3.06. The first-order chi connectivity index (χ1) is 9.66. The van der Waals surface area contributed by atoms with Crippen molar-refractivity contribution in [2.24, 2.45) is 11.8 Å². The summed E-state index contributed by atoms with van der Waals surface area (Å²) in [5.74, 6) is -2.79. The summed E-state index contributed by atoms with van der Waals surface area (Å²) in [4.78, 5) is 27.6. The number of aliphatic carboxylic acids is 1. The maximum absolute atomic E-state index is 12.2. The lowest BCUT2D eigenvalue weighted by Gasteiger charge is -2.20. The maximum atomic E-state index is 12.2. The molecule has 1 fully saturated rings. The summed E-state index contributed by atoms with van der Waals surface area (Å²) >= 11 is 0. The molecule has 20 heavy (non-hydrogen) atoms. The minimum Gasteiger partial charge on any atom is -0.481 e. The van der Waals surface area contributed by atoms with Crippen molar-refractivity contribution >= 4 is 11.9 Å². The number of hydrogen-bond acceptors (Lipinski definition) is 4. The van der Waals surface area contributed by atoms with E-state index in [2.05, 4.69) is 10.3 Å². The number of rotatable bonds is 4. The quantitative estimate of drug-likeness (QED) is 0.773. The predicted octanol–water partition coefficient (Wildman–Crippen LogP) is 0.352. The molecule has 2 aliphatic rings. The zero-order valence-electron chi connectivity index (χ0n) is 10.6. The molecule has 6 heteroatoms. The highest BCUT2D eigenvalue weighted by atomic mass is 16.5. The van der Waals surface area contributed by atoms with E-state index in [0.717, 1.165) is 5.69 Å². The minimum atomic E-state index is -1.00. The van der Waals surface area contributed by atoms with Gasteiger partial charge in [0.25, 0.3) is 0 Å². The van der Waals surface area contributed by atoms with Crippen molar-refractivity contribution in [3.05, 3.63) is 42.2 Å². The van der Waals surface area contributed by atoms with Crippen LogP contribution in [0.15, 0.2) is 36.5 Å². The number of hydrogen-bond donors (Lipinski definition) is 2. The lowest BCUT2D eigenvalue weighted by molar-refractivity contribution is -0.146. The van der Waals surface area contributed by atoms with Crippen LogP contribution >= 0.6 is 0 Å². The number of carbonyl (C=O) groups excluding carboxylic acids is 1. The highest BCUT2D eigenvalue weighted by molar-refractivity contribution is 5.87. The van der Waals surface area contributed by atoms with Gasteiger partial charge in [0, 0.05) is 6.20 Å². The molecule has 6 nitrogen and oxygen atoms in total. The number of fused-ring (bicyclic) bond motifs is 2. The van der Waals surface area contributed by atoms with Crippen LogP contribution in [0.1, 0.15) is 5.69 Å². The van der Waals surface area contributed by atoms with Gasteiger partial charge in [0.2, 0.25) is 5.91 Å². The van der Waals surface area contributed by atoms with Gasteiger partial charge in [0.15, 0.2) is 0 Å². The lowest BCUT2D eigenvalue weighted by atomic mass is 9.82. The summed E-state index contributed by atoms with van der Waals surface area (Å²) in [6.07, 6.45) is 4.18. The highest BCUT2D eigenvalue weighted by Gasteiger charge is 2.53. The second-order valence-electron chi connectivity index (χ2n) is 4.88. The van der Waals surface area contributed by atoms with Gasteiger partial charge in [-0.1, -0.05) is 18.2 Å². The summed E-state index contributed by atoms with van der Waals surface area (Å²) < 4.78 is 5.46. The van der Waals surface area contributed by atoms with E-state index in [0.29, 0.717) is 0 Å². The summed E-state index contributed by atoms with van der Waals surface area (Å²) in [5, 5.41) is 12.0. The van der Waals surface area contributed by atoms with Crippen molar-refractivity contribution in [2.45, 2.75) is 18.8 Å². The molecule has 1 saturated heterocycles. The van der Waals surface area contributed by atoms with E-state index >= 15 is 0 Å². The topological polar surface area (TPSA) is 88.5 Å². The van der Waals surface area contributed by atoms with Crippen LogP contribution in [0.25, 0.3) is 0 Å². The Morgan fingerprint density at radius 2 is 2.00 bits per heavy atom. The molecule has 0 spiro atoms. The van der Waals surface area contributed by atoms with Crippen LogP contribution in [0, 0.1) is 11.8 Å². The molecule has 4 atom stereocenters. The average molecular weight is 274 g/mol. The summed E-state index contributed by atoms with van der Waals surface area (Å²) in [6, 6.07) is 5.42. The molecular weight excluding hydrogens is 260 g/mol. The molecule has 0 radical (unpaired) electrons. The Labute approximate surface area is 115 Å². The summed E-state index contributed by atoms with van der Waals surface area (Å²) in [5.41, 5.74) is 0.729. The van der Waals surface area contributed by atoms with E-state index < -0.39 is 30.0 Å². The second kappa shape index (κ2) is 5.05. The van der Waals surface area contributed by atoms with Crippen LogP contribution in [-0.4, -0.2) is 34.2 Å². The number of nitrogens with zero attached hydrogens (tertiary/aromatic N) is 1. The number of carboxylic acid groups (broad SMARTS) is 1. The summed E-state index contributed by atoms with van der Waals surface area (Å²) in [6.45, 7) is 0.281. The van der Waals surface area contributed by atoms with E-state index in [-0.39, 0.29) is 12.5 Å². The van der Waals surface area contributed by atoms with E-state index in [1.165, 1.54) is 0 Å². The lowest BCUT2D eigenvalue weighted by Crippen LogP contribution is -2.42. The van der Waals surface area contributed by atoms with Crippen molar-refractivity contribution in [2.75, 3.05) is 0 Å². The molecular formula is C14H14N2O4. The maximum Gasteiger partial charge on any atom is 0.310 e. The highest BCUT2D eigenvalue weighted by Crippen LogP contribution is 2.39. The van der Waals surface area contributed by atoms with Crippen LogP contribution in [0.5, 0.6) is 0 Å². The number of pyridine rings is 1. The van der Waals surface area contributed by atoms with Crippen LogP contribution in [-0.2, 0) is 20.9 Å². The molecule has 3 heterocycles. The van der Waals surface area contributed by atoms with Gasteiger partial charge < -0.3 is 15.2 Å². The molecule has 1 aromatic rings. The van der Waals surface area contributed by atoms with Gasteiger partial charge in [0.05, 0.1) is 30.4 Å². The van der Waals surface area contributed by atoms with E-state index in [4.69, 9.17) is 4.74 Å². The SMILES string of the molecule is O=C(O)[C@@H]1[C@@H](C(=O)NCc2ccccn2)[C@H]2C=C[C@@H]1O2. The molecule has 0 saturated carbocycles. The summed E-state index contributed by atoms with van der Waals surface area (Å²) in [7, 11) is 0. The number of ether oxygens (including phenoxy) is 1. The molecule has 2 bridgehead atoms. The predicted molar refractivity (Wildman–Crippen MR) is 68.5 cm³/mol. The number of carboxylic acids is 1. The van der Waals surface area contributed by atoms with E-state index in [9.17, 15) is 14.7 Å². The van der Waals surface area contributed by atoms with Crippen LogP contribution in [0.2, 0.25) is 0 Å². The van der Waals surface area contributed by atoms with Gasteiger partial charge in [-0.25, -0.2) is 0 Å². The van der Waals surface area contributed by atoms with Crippen LogP contribution in [0.3, 0.4) is 0 Å². The molecule has 0 aliphatic carbocycles. The third kappa shape index (κ3) is 2.18. The number of aromatic nitrogens is 1. The number of nitrogens with one attached hydrogen (secondary N) is 1. The Balaban J connectivity index is 1.68. The molecule has 104 valence electrons. The Morgan fingerprint density at radius 3 is 2.65 bits per heavy atom. The van der Waals surface area contributed by atoms with Crippen molar-refractivity contribution < 1.29 is 19.4 Å². The molecule has 2 aliphatic heterocycles. The van der Waals surface area contributed by atoms with Gasteiger partial charge in [-0.3, -0.25) is 14.6 Å². The molecule has 3 rings (SSSR count). The first kappa shape index (κ1) is 12.8. The third-order valence-corrected chi connectivity index (χ3v) is 3.66. The fourth-order valence-electron chi connectivity index (χ4n) is 2.71. The molecule has 0 unspecified atom stereocenters. The van der Waals surface area contributed by atoms with E-state index in [1.807, 2.05) is 6.07 Å². The monoisotopic (exact) mass is 274 g/mol. The van der Waals surface area contributed by atoms with Gasteiger partial charge in [-0.15, -0.1) is 0 Å². The minimum absolute atomic E-state index is 0.281. The molecule has 1 amide bonds. The second-order valence-corrected chi connectivity index (χ2v) is 4.88. The molecule has 1 aromatic heterocycles. The van der Waals surface area contributed by atoms with Crippen LogP contribution in [0.4, 0.5) is 0 Å². The van der Waals surface area contributed by atoms with Crippen LogP contribution < -0.4 is 5.32 Å². The Bertz CT molecular complexity index is 558. The zero-order chi connectivity index (χ0) is 14.1. The fourth-order valence-corrected chi connectivity index (χ4v) is 2.71. The van der Waals surface area contributed by atoms with Crippen molar-refractivity contribution in [3.8, 4) is 0 Å². The zero-order valence-corrected chi connectivity index (χ0v) is 10.6. The Kier molecular flexibility index (Phi) is 3.23. The Hall–Kier alpha value is -2.21. The van der Waals surface area contributed by atoms with Gasteiger partial charge >= 0.3 is 5.97 Å². The molecule has 2 N–H and O–H groups in total. The fraction of sp³-hybridized carbons (Fsp3) is 0.357. The van der Waals surface area contributed by atoms with Crippen molar-refractivity contribution in [1.82, 2.24) is 10.3 Å². The van der Waals surface area contributed by atoms with Crippen molar-refractivity contribution in [1.29, 1.82) is 0 Å². The normalized spacial score (nSPS) is 30.4. The first-order valence-electron chi connectivity index (χ1n) is 6.41. The standard InChI is InChI=1S/C14H14N2O4/c17-13(16-7-8-3-1-2-6-15-8)11-9-4-5-10(20-9)12(11)14(18)19/h1-6,9-12H,7H2,(H,16,17)(H,18,19)/t9-,10+,11+,12+/m1/s1. The van der Waals surface area contributed by atoms with Gasteiger partial charge in [-0.05, 0) is 12.1 Å². The van der Waals surface area contributed by atoms with E-state index in [1.54, 1.807) is 30.5 Å². The van der Waals surface area contributed by atoms with Crippen molar-refractivity contribution in [3.63, 3.8) is 0 Å². The third-order valence-electron chi connectivity index (χ3n) is 3.66.